The summed E-state index contributed by atoms with van der Waals surface area (Å²) in [7, 11) is 3.71. The highest BCUT2D eigenvalue weighted by Gasteiger charge is 2.20. The SMILES string of the molecule is COc1ccc(OCC(O)CN2CCC(O)CC2)c(CN(C)Cc2csc(C)n2)c1. The summed E-state index contributed by atoms with van der Waals surface area (Å²) in [6, 6.07) is 5.76. The van der Waals surface area contributed by atoms with E-state index in [1.54, 1.807) is 18.4 Å². The quantitative estimate of drug-likeness (QED) is 0.593. The Bertz CT molecular complexity index is 792. The lowest BCUT2D eigenvalue weighted by Crippen LogP contribution is -2.41. The van der Waals surface area contributed by atoms with E-state index in [1.165, 1.54) is 0 Å². The second-order valence-corrected chi connectivity index (χ2v) is 9.06. The number of benzene rings is 1. The number of piperidine rings is 1. The number of aliphatic hydroxyl groups excluding tert-OH is 2. The second-order valence-electron chi connectivity index (χ2n) is 8.00. The maximum atomic E-state index is 10.4. The predicted molar refractivity (Wildman–Crippen MR) is 118 cm³/mol. The largest absolute Gasteiger partial charge is 0.497 e. The fourth-order valence-corrected chi connectivity index (χ4v) is 4.29. The average Bonchev–Trinajstić information content (AvgIpc) is 3.13. The molecule has 2 heterocycles. The first-order valence-electron chi connectivity index (χ1n) is 10.4. The van der Waals surface area contributed by atoms with Gasteiger partial charge >= 0.3 is 0 Å². The van der Waals surface area contributed by atoms with Gasteiger partial charge in [0, 0.05) is 43.7 Å². The van der Waals surface area contributed by atoms with Crippen LogP contribution in [-0.4, -0.2) is 77.6 Å². The summed E-state index contributed by atoms with van der Waals surface area (Å²) in [6.07, 6.45) is 0.745. The van der Waals surface area contributed by atoms with E-state index >= 15 is 0 Å². The van der Waals surface area contributed by atoms with Crippen LogP contribution in [0.3, 0.4) is 0 Å². The highest BCUT2D eigenvalue weighted by atomic mass is 32.1. The molecule has 3 rings (SSSR count). The zero-order valence-corrected chi connectivity index (χ0v) is 18.9. The summed E-state index contributed by atoms with van der Waals surface area (Å²) in [6.45, 7) is 5.86. The van der Waals surface area contributed by atoms with Crippen molar-refractivity contribution in [3.8, 4) is 11.5 Å². The Balaban J connectivity index is 1.57. The molecule has 1 atom stereocenters. The number of methoxy groups -OCH3 is 1. The van der Waals surface area contributed by atoms with Crippen LogP contribution in [0.4, 0.5) is 0 Å². The average molecular weight is 436 g/mol. The summed E-state index contributed by atoms with van der Waals surface area (Å²) in [5.74, 6) is 1.54. The first-order valence-corrected chi connectivity index (χ1v) is 11.3. The zero-order valence-electron chi connectivity index (χ0n) is 18.1. The molecule has 1 aromatic heterocycles. The molecule has 0 saturated carbocycles. The van der Waals surface area contributed by atoms with Gasteiger partial charge in [0.2, 0.25) is 0 Å². The summed E-state index contributed by atoms with van der Waals surface area (Å²) in [5, 5.41) is 23.2. The molecule has 30 heavy (non-hydrogen) atoms. The van der Waals surface area contributed by atoms with E-state index in [-0.39, 0.29) is 12.7 Å². The van der Waals surface area contributed by atoms with Gasteiger partial charge in [-0.3, -0.25) is 4.90 Å². The lowest BCUT2D eigenvalue weighted by Gasteiger charge is -2.31. The highest BCUT2D eigenvalue weighted by molar-refractivity contribution is 7.09. The van der Waals surface area contributed by atoms with Gasteiger partial charge in [-0.15, -0.1) is 11.3 Å². The Morgan fingerprint density at radius 1 is 1.30 bits per heavy atom. The summed E-state index contributed by atoms with van der Waals surface area (Å²) in [4.78, 5) is 8.90. The number of hydrogen-bond acceptors (Lipinski definition) is 8. The van der Waals surface area contributed by atoms with Crippen LogP contribution in [0, 0.1) is 6.92 Å². The minimum atomic E-state index is -0.578. The van der Waals surface area contributed by atoms with Crippen molar-refractivity contribution < 1.29 is 19.7 Å². The van der Waals surface area contributed by atoms with Crippen LogP contribution in [0.2, 0.25) is 0 Å². The number of rotatable bonds is 10. The van der Waals surface area contributed by atoms with Crippen molar-refractivity contribution >= 4 is 11.3 Å². The van der Waals surface area contributed by atoms with Crippen molar-refractivity contribution in [3.63, 3.8) is 0 Å². The maximum Gasteiger partial charge on any atom is 0.124 e. The standard InChI is InChI=1S/C22H33N3O4S/c1-16-23-18(15-30-16)12-24(2)11-17-10-21(28-3)4-5-22(17)29-14-20(27)13-25-8-6-19(26)7-9-25/h4-5,10,15,19-20,26-27H,6-9,11-14H2,1-3H3. The van der Waals surface area contributed by atoms with E-state index < -0.39 is 6.10 Å². The molecule has 166 valence electrons. The van der Waals surface area contributed by atoms with Crippen LogP contribution < -0.4 is 9.47 Å². The van der Waals surface area contributed by atoms with Crippen molar-refractivity contribution in [2.24, 2.45) is 0 Å². The Morgan fingerprint density at radius 2 is 2.07 bits per heavy atom. The third kappa shape index (κ3) is 6.92. The number of thiazole rings is 1. The van der Waals surface area contributed by atoms with Gasteiger partial charge in [0.15, 0.2) is 0 Å². The predicted octanol–water partition coefficient (Wildman–Crippen LogP) is 2.29. The molecule has 1 saturated heterocycles. The lowest BCUT2D eigenvalue weighted by atomic mass is 10.1. The number of hydrogen-bond donors (Lipinski definition) is 2. The molecule has 1 fully saturated rings. The Morgan fingerprint density at radius 3 is 2.73 bits per heavy atom. The van der Waals surface area contributed by atoms with Gasteiger partial charge in [-0.1, -0.05) is 0 Å². The molecule has 1 unspecified atom stereocenters. The molecule has 0 amide bonds. The van der Waals surface area contributed by atoms with Crippen LogP contribution >= 0.6 is 11.3 Å². The molecule has 2 N–H and O–H groups in total. The van der Waals surface area contributed by atoms with E-state index in [4.69, 9.17) is 9.47 Å². The van der Waals surface area contributed by atoms with Crippen molar-refractivity contribution in [2.75, 3.05) is 40.4 Å². The summed E-state index contributed by atoms with van der Waals surface area (Å²) < 4.78 is 11.4. The lowest BCUT2D eigenvalue weighted by molar-refractivity contribution is 0.0335. The van der Waals surface area contributed by atoms with Crippen molar-refractivity contribution in [1.82, 2.24) is 14.8 Å². The van der Waals surface area contributed by atoms with Crippen LogP contribution in [0.25, 0.3) is 0 Å². The van der Waals surface area contributed by atoms with Crippen molar-refractivity contribution in [3.05, 3.63) is 39.8 Å². The van der Waals surface area contributed by atoms with Crippen LogP contribution in [0.15, 0.2) is 23.6 Å². The van der Waals surface area contributed by atoms with Crippen molar-refractivity contribution in [2.45, 2.75) is 45.1 Å². The van der Waals surface area contributed by atoms with Crippen LogP contribution in [0.5, 0.6) is 11.5 Å². The molecule has 0 spiro atoms. The monoisotopic (exact) mass is 435 g/mol. The number of aryl methyl sites for hydroxylation is 1. The molecule has 2 aromatic rings. The smallest absolute Gasteiger partial charge is 0.124 e. The molecule has 7 nitrogen and oxygen atoms in total. The van der Waals surface area contributed by atoms with E-state index in [0.29, 0.717) is 13.1 Å². The molecular formula is C22H33N3O4S. The molecule has 1 aliphatic heterocycles. The van der Waals surface area contributed by atoms with Gasteiger partial charge in [0.25, 0.3) is 0 Å². The fourth-order valence-electron chi connectivity index (χ4n) is 3.69. The van der Waals surface area contributed by atoms with E-state index in [2.05, 4.69) is 27.2 Å². The second kappa shape index (κ2) is 11.1. The van der Waals surface area contributed by atoms with E-state index in [0.717, 1.165) is 60.2 Å². The minimum absolute atomic E-state index is 0.207. The van der Waals surface area contributed by atoms with Gasteiger partial charge in [0.05, 0.1) is 23.9 Å². The molecule has 0 aliphatic carbocycles. The number of ether oxygens (including phenoxy) is 2. The molecule has 1 aromatic carbocycles. The molecular weight excluding hydrogens is 402 g/mol. The van der Waals surface area contributed by atoms with E-state index in [1.807, 2.05) is 25.1 Å². The van der Waals surface area contributed by atoms with E-state index in [9.17, 15) is 10.2 Å². The normalized spacial score (nSPS) is 16.7. The fraction of sp³-hybridized carbons (Fsp3) is 0.591. The van der Waals surface area contributed by atoms with Gasteiger partial charge in [-0.05, 0) is 45.0 Å². The Kier molecular flexibility index (Phi) is 8.47. The first kappa shape index (κ1) is 23.0. The third-order valence-electron chi connectivity index (χ3n) is 5.26. The molecule has 0 bridgehead atoms. The maximum absolute atomic E-state index is 10.4. The molecule has 0 radical (unpaired) electrons. The highest BCUT2D eigenvalue weighted by Crippen LogP contribution is 2.26. The molecule has 8 heteroatoms. The minimum Gasteiger partial charge on any atom is -0.497 e. The topological polar surface area (TPSA) is 78.3 Å². The zero-order chi connectivity index (χ0) is 21.5. The summed E-state index contributed by atoms with van der Waals surface area (Å²) in [5.41, 5.74) is 2.07. The van der Waals surface area contributed by atoms with Crippen LogP contribution in [0.1, 0.15) is 29.1 Å². The van der Waals surface area contributed by atoms with Gasteiger partial charge in [-0.2, -0.15) is 0 Å². The Labute approximate surface area is 182 Å². The Hall–Kier alpha value is -1.71. The number of β-amino-alcohol motifs (C(OH)–C–C–N with tert-alkyl or cyclic N) is 1. The van der Waals surface area contributed by atoms with Gasteiger partial charge < -0.3 is 24.6 Å². The number of likely N-dealkylation sites (tertiary alicyclic amines) is 1. The van der Waals surface area contributed by atoms with Crippen molar-refractivity contribution in [1.29, 1.82) is 0 Å². The third-order valence-corrected chi connectivity index (χ3v) is 6.09. The van der Waals surface area contributed by atoms with Gasteiger partial charge in [0.1, 0.15) is 24.2 Å². The van der Waals surface area contributed by atoms with Crippen LogP contribution in [-0.2, 0) is 13.1 Å². The van der Waals surface area contributed by atoms with Gasteiger partial charge in [-0.25, -0.2) is 4.98 Å². The first-order chi connectivity index (χ1) is 14.4. The molecule has 1 aliphatic rings. The summed E-state index contributed by atoms with van der Waals surface area (Å²) >= 11 is 1.66. The number of aromatic nitrogens is 1. The number of aliphatic hydroxyl groups is 2. The number of nitrogens with zero attached hydrogens (tertiary/aromatic N) is 3.